The molecule has 98 valence electrons. The number of alkyl halides is 3. The average Bonchev–Trinajstić information content (AvgIpc) is 2.64. The van der Waals surface area contributed by atoms with Crippen molar-refractivity contribution in [1.82, 2.24) is 0 Å². The van der Waals surface area contributed by atoms with E-state index in [4.69, 9.17) is 9.47 Å². The van der Waals surface area contributed by atoms with E-state index in [9.17, 15) is 18.0 Å². The van der Waals surface area contributed by atoms with E-state index in [1.165, 1.54) is 0 Å². The van der Waals surface area contributed by atoms with Crippen molar-refractivity contribution in [2.75, 3.05) is 19.8 Å². The van der Waals surface area contributed by atoms with Crippen LogP contribution in [0, 0.1) is 5.92 Å². The third-order valence-corrected chi connectivity index (χ3v) is 3.39. The molecule has 0 bridgehead atoms. The van der Waals surface area contributed by atoms with Gasteiger partial charge in [0.1, 0.15) is 12.2 Å². The number of Topliss-reactive ketones (excluding diaryl/α,β-unsaturated/α-hetero) is 1. The van der Waals surface area contributed by atoms with Gasteiger partial charge in [-0.3, -0.25) is 4.79 Å². The second-order valence-electron chi connectivity index (χ2n) is 4.78. The van der Waals surface area contributed by atoms with Crippen LogP contribution < -0.4 is 0 Å². The zero-order chi connectivity index (χ0) is 12.5. The molecule has 2 aliphatic heterocycles. The van der Waals surface area contributed by atoms with E-state index >= 15 is 0 Å². The highest BCUT2D eigenvalue weighted by molar-refractivity contribution is 5.81. The lowest BCUT2D eigenvalue weighted by Gasteiger charge is -2.36. The molecule has 3 nitrogen and oxygen atoms in total. The van der Waals surface area contributed by atoms with E-state index in [1.54, 1.807) is 0 Å². The molecule has 0 aromatic carbocycles. The molecule has 0 aliphatic carbocycles. The molecular formula is C11H15F3O3. The number of rotatable bonds is 2. The van der Waals surface area contributed by atoms with Crippen molar-refractivity contribution in [1.29, 1.82) is 0 Å². The van der Waals surface area contributed by atoms with Crippen molar-refractivity contribution in [3.05, 3.63) is 0 Å². The normalized spacial score (nSPS) is 34.2. The first-order valence-corrected chi connectivity index (χ1v) is 5.71. The van der Waals surface area contributed by atoms with Crippen LogP contribution in [0.2, 0.25) is 0 Å². The van der Waals surface area contributed by atoms with Crippen LogP contribution in [-0.4, -0.2) is 37.4 Å². The van der Waals surface area contributed by atoms with Crippen LogP contribution in [0.5, 0.6) is 0 Å². The Kier molecular flexibility index (Phi) is 3.45. The SMILES string of the molecule is O=C(CC(F)(F)F)C1CCOC2(CCOC2)C1. The fourth-order valence-corrected chi connectivity index (χ4v) is 2.51. The van der Waals surface area contributed by atoms with Gasteiger partial charge in [0, 0.05) is 25.6 Å². The molecule has 2 saturated heterocycles. The number of ketones is 1. The van der Waals surface area contributed by atoms with Gasteiger partial charge in [-0.15, -0.1) is 0 Å². The van der Waals surface area contributed by atoms with E-state index in [2.05, 4.69) is 0 Å². The molecule has 2 heterocycles. The van der Waals surface area contributed by atoms with Crippen molar-refractivity contribution in [3.63, 3.8) is 0 Å². The van der Waals surface area contributed by atoms with Crippen molar-refractivity contribution in [2.45, 2.75) is 37.5 Å². The summed E-state index contributed by atoms with van der Waals surface area (Å²) in [5, 5.41) is 0. The summed E-state index contributed by atoms with van der Waals surface area (Å²) in [4.78, 5) is 11.5. The molecule has 2 rings (SSSR count). The summed E-state index contributed by atoms with van der Waals surface area (Å²) in [6.45, 7) is 1.29. The predicted molar refractivity (Wildman–Crippen MR) is 52.5 cm³/mol. The zero-order valence-electron chi connectivity index (χ0n) is 9.39. The van der Waals surface area contributed by atoms with E-state index in [1.807, 2.05) is 0 Å². The quantitative estimate of drug-likeness (QED) is 0.755. The highest BCUT2D eigenvalue weighted by Crippen LogP contribution is 2.37. The Hall–Kier alpha value is -0.620. The van der Waals surface area contributed by atoms with Crippen molar-refractivity contribution >= 4 is 5.78 Å². The Labute approximate surface area is 97.3 Å². The standard InChI is InChI=1S/C11H15F3O3/c12-11(13,14)6-9(15)8-1-3-17-10(5-8)2-4-16-7-10/h8H,1-7H2. The fourth-order valence-electron chi connectivity index (χ4n) is 2.51. The molecule has 2 unspecified atom stereocenters. The van der Waals surface area contributed by atoms with E-state index in [0.29, 0.717) is 39.1 Å². The topological polar surface area (TPSA) is 35.5 Å². The van der Waals surface area contributed by atoms with E-state index in [-0.39, 0.29) is 0 Å². The van der Waals surface area contributed by atoms with Gasteiger partial charge >= 0.3 is 6.18 Å². The molecule has 2 aliphatic rings. The maximum absolute atomic E-state index is 12.2. The third-order valence-electron chi connectivity index (χ3n) is 3.39. The molecule has 1 spiro atoms. The highest BCUT2D eigenvalue weighted by atomic mass is 19.4. The van der Waals surface area contributed by atoms with Gasteiger partial charge in [-0.05, 0) is 12.8 Å². The Morgan fingerprint density at radius 3 is 2.71 bits per heavy atom. The molecule has 0 saturated carbocycles. The van der Waals surface area contributed by atoms with Gasteiger partial charge in [0.25, 0.3) is 0 Å². The summed E-state index contributed by atoms with van der Waals surface area (Å²) < 4.78 is 47.2. The minimum Gasteiger partial charge on any atom is -0.378 e. The minimum atomic E-state index is -4.41. The van der Waals surface area contributed by atoms with Crippen LogP contribution in [0.4, 0.5) is 13.2 Å². The number of ether oxygens (including phenoxy) is 2. The summed E-state index contributed by atoms with van der Waals surface area (Å²) in [5.74, 6) is -1.25. The van der Waals surface area contributed by atoms with Crippen LogP contribution in [-0.2, 0) is 14.3 Å². The van der Waals surface area contributed by atoms with Gasteiger partial charge in [-0.25, -0.2) is 0 Å². The largest absolute Gasteiger partial charge is 0.395 e. The van der Waals surface area contributed by atoms with Crippen molar-refractivity contribution in [2.24, 2.45) is 5.92 Å². The first-order valence-electron chi connectivity index (χ1n) is 5.71. The summed E-state index contributed by atoms with van der Waals surface area (Å²) in [5.41, 5.74) is -0.510. The predicted octanol–water partition coefficient (Wildman–Crippen LogP) is 2.09. The molecule has 0 radical (unpaired) electrons. The summed E-state index contributed by atoms with van der Waals surface area (Å²) in [6, 6.07) is 0. The van der Waals surface area contributed by atoms with Crippen LogP contribution in [0.25, 0.3) is 0 Å². The molecule has 6 heteroatoms. The summed E-state index contributed by atoms with van der Waals surface area (Å²) >= 11 is 0. The third kappa shape index (κ3) is 3.19. The monoisotopic (exact) mass is 252 g/mol. The maximum Gasteiger partial charge on any atom is 0.395 e. The average molecular weight is 252 g/mol. The Bertz CT molecular complexity index is 295. The summed E-state index contributed by atoms with van der Waals surface area (Å²) in [6.07, 6.45) is -4.31. The van der Waals surface area contributed by atoms with Crippen LogP contribution in [0.1, 0.15) is 25.7 Å². The smallest absolute Gasteiger partial charge is 0.378 e. The van der Waals surface area contributed by atoms with Gasteiger partial charge in [-0.2, -0.15) is 13.2 Å². The fraction of sp³-hybridized carbons (Fsp3) is 0.909. The molecule has 2 fully saturated rings. The molecule has 0 N–H and O–H groups in total. The maximum atomic E-state index is 12.2. The number of hydrogen-bond acceptors (Lipinski definition) is 3. The molecule has 0 aromatic heterocycles. The minimum absolute atomic E-state index is 0.345. The Morgan fingerprint density at radius 1 is 1.35 bits per heavy atom. The lowest BCUT2D eigenvalue weighted by Crippen LogP contribution is -2.43. The molecule has 0 aromatic rings. The molecule has 17 heavy (non-hydrogen) atoms. The van der Waals surface area contributed by atoms with E-state index in [0.717, 1.165) is 0 Å². The molecular weight excluding hydrogens is 237 g/mol. The Balaban J connectivity index is 1.95. The van der Waals surface area contributed by atoms with Gasteiger partial charge in [-0.1, -0.05) is 0 Å². The molecule has 0 amide bonds. The number of halogens is 3. The second-order valence-corrected chi connectivity index (χ2v) is 4.78. The molecule has 2 atom stereocenters. The Morgan fingerprint density at radius 2 is 2.12 bits per heavy atom. The highest BCUT2D eigenvalue weighted by Gasteiger charge is 2.44. The van der Waals surface area contributed by atoms with Gasteiger partial charge in [0.2, 0.25) is 0 Å². The number of carbonyl (C=O) groups is 1. The van der Waals surface area contributed by atoms with Crippen molar-refractivity contribution < 1.29 is 27.4 Å². The van der Waals surface area contributed by atoms with Gasteiger partial charge in [0.05, 0.1) is 12.2 Å². The van der Waals surface area contributed by atoms with Crippen LogP contribution >= 0.6 is 0 Å². The number of carbonyl (C=O) groups excluding carboxylic acids is 1. The van der Waals surface area contributed by atoms with E-state index < -0.39 is 29.9 Å². The lowest BCUT2D eigenvalue weighted by molar-refractivity contribution is -0.162. The van der Waals surface area contributed by atoms with Crippen LogP contribution in [0.3, 0.4) is 0 Å². The van der Waals surface area contributed by atoms with Crippen LogP contribution in [0.15, 0.2) is 0 Å². The van der Waals surface area contributed by atoms with Crippen molar-refractivity contribution in [3.8, 4) is 0 Å². The first kappa shape index (κ1) is 12.8. The van der Waals surface area contributed by atoms with Gasteiger partial charge in [0.15, 0.2) is 0 Å². The number of hydrogen-bond donors (Lipinski definition) is 0. The second kappa shape index (κ2) is 4.57. The first-order chi connectivity index (χ1) is 7.90. The zero-order valence-corrected chi connectivity index (χ0v) is 9.39. The van der Waals surface area contributed by atoms with Gasteiger partial charge < -0.3 is 9.47 Å². The lowest BCUT2D eigenvalue weighted by atomic mass is 9.82. The summed E-state index contributed by atoms with van der Waals surface area (Å²) in [7, 11) is 0.